The van der Waals surface area contributed by atoms with Gasteiger partial charge in [0.05, 0.1) is 11.3 Å². The number of hydrogen-bond acceptors (Lipinski definition) is 4. The van der Waals surface area contributed by atoms with Crippen molar-refractivity contribution in [2.45, 2.75) is 0 Å². The number of anilines is 2. The van der Waals surface area contributed by atoms with Gasteiger partial charge in [-0.2, -0.15) is 5.10 Å². The van der Waals surface area contributed by atoms with Crippen molar-refractivity contribution in [1.82, 2.24) is 14.8 Å². The predicted molar refractivity (Wildman–Crippen MR) is 116 cm³/mol. The van der Waals surface area contributed by atoms with Crippen LogP contribution < -0.4 is 10.2 Å². The molecule has 29 heavy (non-hydrogen) atoms. The molecule has 4 aromatic rings. The van der Waals surface area contributed by atoms with Crippen LogP contribution in [0.2, 0.25) is 0 Å². The van der Waals surface area contributed by atoms with Gasteiger partial charge in [-0.1, -0.05) is 18.2 Å². The van der Waals surface area contributed by atoms with Crippen LogP contribution in [0.25, 0.3) is 16.9 Å². The summed E-state index contributed by atoms with van der Waals surface area (Å²) in [6, 6.07) is 21.1. The number of nitrogens with zero attached hydrogens (tertiary/aromatic N) is 4. The minimum atomic E-state index is -0.219. The number of amides is 1. The Balaban J connectivity index is 1.69. The van der Waals surface area contributed by atoms with Gasteiger partial charge in [0.2, 0.25) is 0 Å². The number of hydrogen-bond donors (Lipinski definition) is 1. The zero-order chi connectivity index (χ0) is 20.2. The van der Waals surface area contributed by atoms with E-state index in [1.807, 2.05) is 85.7 Å². The van der Waals surface area contributed by atoms with E-state index in [1.165, 1.54) is 0 Å². The Morgan fingerprint density at radius 2 is 1.72 bits per heavy atom. The van der Waals surface area contributed by atoms with E-state index in [0.717, 1.165) is 22.6 Å². The molecule has 2 aromatic heterocycles. The second-order valence-electron chi connectivity index (χ2n) is 6.81. The third-order valence-electron chi connectivity index (χ3n) is 4.56. The van der Waals surface area contributed by atoms with E-state index in [9.17, 15) is 4.79 Å². The number of benzene rings is 2. The summed E-state index contributed by atoms with van der Waals surface area (Å²) in [7, 11) is 3.96. The van der Waals surface area contributed by atoms with Gasteiger partial charge in [0.1, 0.15) is 5.69 Å². The normalized spacial score (nSPS) is 10.6. The van der Waals surface area contributed by atoms with Crippen LogP contribution >= 0.6 is 0 Å². The minimum absolute atomic E-state index is 0.219. The Bertz CT molecular complexity index is 1100. The van der Waals surface area contributed by atoms with Crippen LogP contribution in [-0.2, 0) is 0 Å². The van der Waals surface area contributed by atoms with E-state index in [1.54, 1.807) is 23.3 Å². The highest BCUT2D eigenvalue weighted by Gasteiger charge is 2.19. The van der Waals surface area contributed by atoms with Crippen LogP contribution in [0.5, 0.6) is 0 Å². The Labute approximate surface area is 169 Å². The number of carbonyl (C=O) groups is 1. The summed E-state index contributed by atoms with van der Waals surface area (Å²) in [6.45, 7) is 0. The maximum Gasteiger partial charge on any atom is 0.259 e. The van der Waals surface area contributed by atoms with Crippen molar-refractivity contribution in [2.75, 3.05) is 24.3 Å². The van der Waals surface area contributed by atoms with E-state index in [0.29, 0.717) is 11.3 Å². The van der Waals surface area contributed by atoms with Gasteiger partial charge in [-0.15, -0.1) is 0 Å². The quantitative estimate of drug-likeness (QED) is 0.560. The standard InChI is InChI=1S/C23H21N5O/c1-27(2)19-12-10-18(11-13-19)25-23(29)21-16-28(20-8-4-3-5-9-20)26-22(21)17-7-6-14-24-15-17/h3-16H,1-2H3,(H,25,29). The average molecular weight is 383 g/mol. The number of nitrogens with one attached hydrogen (secondary N) is 1. The van der Waals surface area contributed by atoms with Gasteiger partial charge in [-0.05, 0) is 48.5 Å². The van der Waals surface area contributed by atoms with Crippen molar-refractivity contribution < 1.29 is 4.79 Å². The fourth-order valence-electron chi connectivity index (χ4n) is 3.01. The first-order valence-electron chi connectivity index (χ1n) is 9.26. The first-order valence-corrected chi connectivity index (χ1v) is 9.26. The lowest BCUT2D eigenvalue weighted by atomic mass is 10.1. The summed E-state index contributed by atoms with van der Waals surface area (Å²) >= 11 is 0. The molecule has 0 aliphatic carbocycles. The molecular formula is C23H21N5O. The minimum Gasteiger partial charge on any atom is -0.378 e. The highest BCUT2D eigenvalue weighted by atomic mass is 16.1. The van der Waals surface area contributed by atoms with Crippen LogP contribution in [0.1, 0.15) is 10.4 Å². The molecule has 0 bridgehead atoms. The van der Waals surface area contributed by atoms with Crippen LogP contribution in [-0.4, -0.2) is 34.8 Å². The molecular weight excluding hydrogens is 362 g/mol. The molecule has 6 nitrogen and oxygen atoms in total. The molecule has 0 spiro atoms. The van der Waals surface area contributed by atoms with Crippen LogP contribution in [0.3, 0.4) is 0 Å². The number of aromatic nitrogens is 3. The fourth-order valence-corrected chi connectivity index (χ4v) is 3.01. The summed E-state index contributed by atoms with van der Waals surface area (Å²) in [5.41, 5.74) is 4.53. The van der Waals surface area contributed by atoms with E-state index in [2.05, 4.69) is 15.4 Å². The molecule has 144 valence electrons. The number of rotatable bonds is 5. The highest BCUT2D eigenvalue weighted by Crippen LogP contribution is 2.24. The summed E-state index contributed by atoms with van der Waals surface area (Å²) in [6.07, 6.45) is 5.16. The van der Waals surface area contributed by atoms with Gasteiger partial charge in [0.15, 0.2) is 0 Å². The fraction of sp³-hybridized carbons (Fsp3) is 0.0870. The topological polar surface area (TPSA) is 63.1 Å². The zero-order valence-corrected chi connectivity index (χ0v) is 16.3. The van der Waals surface area contributed by atoms with Gasteiger partial charge >= 0.3 is 0 Å². The van der Waals surface area contributed by atoms with Crippen LogP contribution in [0.4, 0.5) is 11.4 Å². The van der Waals surface area contributed by atoms with Crippen molar-refractivity contribution in [3.05, 3.63) is 90.9 Å². The first-order chi connectivity index (χ1) is 14.1. The molecule has 0 fully saturated rings. The van der Waals surface area contributed by atoms with Gasteiger partial charge in [0.25, 0.3) is 5.91 Å². The largest absolute Gasteiger partial charge is 0.378 e. The summed E-state index contributed by atoms with van der Waals surface area (Å²) in [4.78, 5) is 19.3. The van der Waals surface area contributed by atoms with Gasteiger partial charge < -0.3 is 10.2 Å². The lowest BCUT2D eigenvalue weighted by Crippen LogP contribution is -2.13. The maximum absolute atomic E-state index is 13.1. The van der Waals surface area contributed by atoms with Gasteiger partial charge in [-0.25, -0.2) is 4.68 Å². The first kappa shape index (κ1) is 18.4. The molecule has 0 radical (unpaired) electrons. The molecule has 0 aliphatic rings. The van der Waals surface area contributed by atoms with Crippen molar-refractivity contribution in [1.29, 1.82) is 0 Å². The monoisotopic (exact) mass is 383 g/mol. The molecule has 2 heterocycles. The zero-order valence-electron chi connectivity index (χ0n) is 16.3. The Morgan fingerprint density at radius 3 is 2.38 bits per heavy atom. The van der Waals surface area contributed by atoms with Crippen molar-refractivity contribution >= 4 is 17.3 Å². The summed E-state index contributed by atoms with van der Waals surface area (Å²) in [5.74, 6) is -0.219. The van der Waals surface area contributed by atoms with Gasteiger partial charge in [-0.3, -0.25) is 9.78 Å². The molecule has 0 unspecified atom stereocenters. The highest BCUT2D eigenvalue weighted by molar-refractivity contribution is 6.08. The van der Waals surface area contributed by atoms with Gasteiger partial charge in [0, 0.05) is 49.6 Å². The Hall–Kier alpha value is -3.93. The second-order valence-corrected chi connectivity index (χ2v) is 6.81. The molecule has 4 rings (SSSR count). The van der Waals surface area contributed by atoms with E-state index in [4.69, 9.17) is 0 Å². The molecule has 2 aromatic carbocycles. The number of pyridine rings is 1. The molecule has 0 saturated carbocycles. The van der Waals surface area contributed by atoms with Crippen molar-refractivity contribution in [2.24, 2.45) is 0 Å². The summed E-state index contributed by atoms with van der Waals surface area (Å²) in [5, 5.41) is 7.63. The summed E-state index contributed by atoms with van der Waals surface area (Å²) < 4.78 is 1.71. The molecule has 1 amide bonds. The second kappa shape index (κ2) is 7.98. The lowest BCUT2D eigenvalue weighted by molar-refractivity contribution is 0.102. The van der Waals surface area contributed by atoms with E-state index in [-0.39, 0.29) is 5.91 Å². The third kappa shape index (κ3) is 4.01. The SMILES string of the molecule is CN(C)c1ccc(NC(=O)c2cn(-c3ccccc3)nc2-c2cccnc2)cc1. The number of para-hydroxylation sites is 1. The molecule has 0 aliphatic heterocycles. The predicted octanol–water partition coefficient (Wildman–Crippen LogP) is 4.25. The van der Waals surface area contributed by atoms with Crippen LogP contribution in [0, 0.1) is 0 Å². The molecule has 1 N–H and O–H groups in total. The number of carbonyl (C=O) groups excluding carboxylic acids is 1. The molecule has 0 atom stereocenters. The Morgan fingerprint density at radius 1 is 0.966 bits per heavy atom. The Kier molecular flexibility index (Phi) is 5.07. The van der Waals surface area contributed by atoms with Crippen molar-refractivity contribution in [3.8, 4) is 16.9 Å². The van der Waals surface area contributed by atoms with Crippen molar-refractivity contribution in [3.63, 3.8) is 0 Å². The average Bonchev–Trinajstić information content (AvgIpc) is 3.21. The smallest absolute Gasteiger partial charge is 0.259 e. The van der Waals surface area contributed by atoms with Crippen LogP contribution in [0.15, 0.2) is 85.3 Å². The molecule has 6 heteroatoms. The maximum atomic E-state index is 13.1. The van der Waals surface area contributed by atoms with E-state index >= 15 is 0 Å². The third-order valence-corrected chi connectivity index (χ3v) is 4.56. The lowest BCUT2D eigenvalue weighted by Gasteiger charge is -2.13. The molecule has 0 saturated heterocycles. The van der Waals surface area contributed by atoms with E-state index < -0.39 is 0 Å².